The molecule has 0 unspecified atom stereocenters. The van der Waals surface area contributed by atoms with Crippen molar-refractivity contribution in [2.45, 2.75) is 26.3 Å². The SMILES string of the molecule is CCCCn1c(=O)c(C=Nc2cccc([N+](=O)[O-])c2)c(O)c2ccccc21. The number of hydrogen-bond donors (Lipinski definition) is 1. The summed E-state index contributed by atoms with van der Waals surface area (Å²) in [5, 5.41) is 22.0. The number of pyridine rings is 1. The molecule has 0 amide bonds. The molecule has 0 aliphatic heterocycles. The second-order valence-corrected chi connectivity index (χ2v) is 6.12. The molecule has 0 saturated heterocycles. The highest BCUT2D eigenvalue weighted by molar-refractivity contribution is 5.95. The van der Waals surface area contributed by atoms with Crippen LogP contribution in [0.3, 0.4) is 0 Å². The molecule has 0 spiro atoms. The van der Waals surface area contributed by atoms with Crippen molar-refractivity contribution in [2.24, 2.45) is 4.99 Å². The molecule has 0 atom stereocenters. The Morgan fingerprint density at radius 3 is 2.74 bits per heavy atom. The number of benzene rings is 2. The van der Waals surface area contributed by atoms with Crippen molar-refractivity contribution < 1.29 is 10.0 Å². The number of rotatable bonds is 6. The monoisotopic (exact) mass is 365 g/mol. The summed E-state index contributed by atoms with van der Waals surface area (Å²) in [5.74, 6) is -0.141. The van der Waals surface area contributed by atoms with E-state index in [0.29, 0.717) is 23.1 Å². The number of nitro benzene ring substituents is 1. The van der Waals surface area contributed by atoms with Gasteiger partial charge in [-0.15, -0.1) is 0 Å². The largest absolute Gasteiger partial charge is 0.506 e. The van der Waals surface area contributed by atoms with Gasteiger partial charge in [-0.05, 0) is 24.6 Å². The molecule has 0 fully saturated rings. The van der Waals surface area contributed by atoms with Gasteiger partial charge in [-0.2, -0.15) is 0 Å². The molecule has 0 aliphatic carbocycles. The first-order valence-corrected chi connectivity index (χ1v) is 8.66. The van der Waals surface area contributed by atoms with Gasteiger partial charge in [0.25, 0.3) is 11.2 Å². The number of aromatic hydroxyl groups is 1. The van der Waals surface area contributed by atoms with Crippen LogP contribution in [0.1, 0.15) is 25.3 Å². The molecular weight excluding hydrogens is 346 g/mol. The van der Waals surface area contributed by atoms with E-state index < -0.39 is 4.92 Å². The molecule has 1 heterocycles. The fourth-order valence-corrected chi connectivity index (χ4v) is 2.89. The fourth-order valence-electron chi connectivity index (χ4n) is 2.89. The Balaban J connectivity index is 2.12. The normalized spacial score (nSPS) is 11.3. The Morgan fingerprint density at radius 1 is 1.22 bits per heavy atom. The number of aryl methyl sites for hydroxylation is 1. The van der Waals surface area contributed by atoms with Gasteiger partial charge >= 0.3 is 0 Å². The van der Waals surface area contributed by atoms with Crippen LogP contribution in [-0.2, 0) is 6.54 Å². The molecule has 0 bridgehead atoms. The van der Waals surface area contributed by atoms with E-state index in [9.17, 15) is 20.0 Å². The topological polar surface area (TPSA) is 97.7 Å². The van der Waals surface area contributed by atoms with E-state index in [-0.39, 0.29) is 22.6 Å². The molecule has 3 aromatic rings. The minimum absolute atomic E-state index is 0.0660. The van der Waals surface area contributed by atoms with Gasteiger partial charge in [0.05, 0.1) is 16.1 Å². The second kappa shape index (κ2) is 7.82. The van der Waals surface area contributed by atoms with Crippen molar-refractivity contribution in [1.29, 1.82) is 0 Å². The van der Waals surface area contributed by atoms with E-state index in [1.807, 2.05) is 13.0 Å². The lowest BCUT2D eigenvalue weighted by Crippen LogP contribution is -2.24. The average Bonchev–Trinajstić information content (AvgIpc) is 2.68. The molecule has 7 heteroatoms. The maximum absolute atomic E-state index is 12.9. The Bertz CT molecular complexity index is 1090. The average molecular weight is 365 g/mol. The number of fused-ring (bicyclic) bond motifs is 1. The minimum atomic E-state index is -0.510. The van der Waals surface area contributed by atoms with Crippen molar-refractivity contribution in [3.63, 3.8) is 0 Å². The van der Waals surface area contributed by atoms with Gasteiger partial charge in [-0.1, -0.05) is 31.5 Å². The third-order valence-corrected chi connectivity index (χ3v) is 4.30. The number of non-ortho nitro benzene ring substituents is 1. The van der Waals surface area contributed by atoms with E-state index in [1.165, 1.54) is 24.4 Å². The predicted molar refractivity (Wildman–Crippen MR) is 105 cm³/mol. The lowest BCUT2D eigenvalue weighted by Gasteiger charge is -2.13. The molecule has 1 N–H and O–H groups in total. The number of nitrogens with zero attached hydrogens (tertiary/aromatic N) is 3. The summed E-state index contributed by atoms with van der Waals surface area (Å²) >= 11 is 0. The molecule has 0 radical (unpaired) electrons. The summed E-state index contributed by atoms with van der Waals surface area (Å²) in [7, 11) is 0. The summed E-state index contributed by atoms with van der Waals surface area (Å²) in [6.45, 7) is 2.58. The summed E-state index contributed by atoms with van der Waals surface area (Å²) < 4.78 is 1.63. The molecule has 0 aliphatic rings. The molecule has 2 aromatic carbocycles. The quantitative estimate of drug-likeness (QED) is 0.403. The summed E-state index contributed by atoms with van der Waals surface area (Å²) in [6, 6.07) is 12.9. The Hall–Kier alpha value is -3.48. The van der Waals surface area contributed by atoms with Crippen LogP contribution in [0.15, 0.2) is 58.3 Å². The third kappa shape index (κ3) is 3.72. The molecule has 7 nitrogen and oxygen atoms in total. The van der Waals surface area contributed by atoms with Gasteiger partial charge in [0, 0.05) is 30.3 Å². The Labute approximate surface area is 155 Å². The first-order valence-electron chi connectivity index (χ1n) is 8.66. The first kappa shape index (κ1) is 18.3. The Kier molecular flexibility index (Phi) is 5.30. The number of nitro groups is 1. The number of hydrogen-bond acceptors (Lipinski definition) is 5. The summed E-state index contributed by atoms with van der Waals surface area (Å²) in [4.78, 5) is 27.5. The maximum atomic E-state index is 12.9. The van der Waals surface area contributed by atoms with Crippen molar-refractivity contribution in [3.8, 4) is 5.75 Å². The van der Waals surface area contributed by atoms with Gasteiger partial charge in [0.1, 0.15) is 11.3 Å². The zero-order chi connectivity index (χ0) is 19.4. The highest BCUT2D eigenvalue weighted by Crippen LogP contribution is 2.26. The number of unbranched alkanes of at least 4 members (excludes halogenated alkanes) is 1. The second-order valence-electron chi connectivity index (χ2n) is 6.12. The molecule has 27 heavy (non-hydrogen) atoms. The van der Waals surface area contributed by atoms with Crippen LogP contribution < -0.4 is 5.56 Å². The van der Waals surface area contributed by atoms with E-state index >= 15 is 0 Å². The maximum Gasteiger partial charge on any atom is 0.271 e. The van der Waals surface area contributed by atoms with Gasteiger partial charge in [0.15, 0.2) is 0 Å². The highest BCUT2D eigenvalue weighted by atomic mass is 16.6. The lowest BCUT2D eigenvalue weighted by molar-refractivity contribution is -0.384. The smallest absolute Gasteiger partial charge is 0.271 e. The van der Waals surface area contributed by atoms with Crippen molar-refractivity contribution in [3.05, 3.63) is 74.6 Å². The number of aliphatic imine (C=N–C) groups is 1. The van der Waals surface area contributed by atoms with E-state index in [2.05, 4.69) is 4.99 Å². The summed E-state index contributed by atoms with van der Waals surface area (Å²) in [6.07, 6.45) is 3.03. The number of aromatic nitrogens is 1. The minimum Gasteiger partial charge on any atom is -0.506 e. The van der Waals surface area contributed by atoms with Gasteiger partial charge in [-0.3, -0.25) is 19.9 Å². The molecule has 138 valence electrons. The van der Waals surface area contributed by atoms with Crippen molar-refractivity contribution in [1.82, 2.24) is 4.57 Å². The van der Waals surface area contributed by atoms with E-state index in [0.717, 1.165) is 12.8 Å². The molecule has 1 aromatic heterocycles. The van der Waals surface area contributed by atoms with Crippen LogP contribution in [0.25, 0.3) is 10.9 Å². The van der Waals surface area contributed by atoms with Gasteiger partial charge in [-0.25, -0.2) is 0 Å². The van der Waals surface area contributed by atoms with Crippen LogP contribution in [0.2, 0.25) is 0 Å². The van der Waals surface area contributed by atoms with Crippen LogP contribution in [-0.4, -0.2) is 20.8 Å². The van der Waals surface area contributed by atoms with Crippen LogP contribution >= 0.6 is 0 Å². The zero-order valence-corrected chi connectivity index (χ0v) is 14.8. The highest BCUT2D eigenvalue weighted by Gasteiger charge is 2.14. The summed E-state index contributed by atoms with van der Waals surface area (Å²) in [5.41, 5.74) is 0.634. The van der Waals surface area contributed by atoms with Crippen LogP contribution in [0.5, 0.6) is 5.75 Å². The lowest BCUT2D eigenvalue weighted by atomic mass is 10.1. The van der Waals surface area contributed by atoms with Crippen LogP contribution in [0, 0.1) is 10.1 Å². The van der Waals surface area contributed by atoms with Gasteiger partial charge < -0.3 is 9.67 Å². The van der Waals surface area contributed by atoms with Crippen molar-refractivity contribution in [2.75, 3.05) is 0 Å². The van der Waals surface area contributed by atoms with E-state index in [1.54, 1.807) is 28.8 Å². The standard InChI is InChI=1S/C20H19N3O4/c1-2-3-11-22-18-10-5-4-9-16(18)19(24)17(20(22)25)13-21-14-7-6-8-15(12-14)23(26)27/h4-10,12-13,24H,2-3,11H2,1H3. The molecular formula is C20H19N3O4. The predicted octanol–water partition coefficient (Wildman–Crippen LogP) is 4.17. The fraction of sp³-hybridized carbons (Fsp3) is 0.200. The number of para-hydroxylation sites is 1. The zero-order valence-electron chi connectivity index (χ0n) is 14.8. The van der Waals surface area contributed by atoms with Crippen LogP contribution in [0.4, 0.5) is 11.4 Å². The first-order chi connectivity index (χ1) is 13.0. The molecule has 0 saturated carbocycles. The Morgan fingerprint density at radius 2 is 2.00 bits per heavy atom. The third-order valence-electron chi connectivity index (χ3n) is 4.30. The molecule has 3 rings (SSSR count). The van der Waals surface area contributed by atoms with Gasteiger partial charge in [0.2, 0.25) is 0 Å². The van der Waals surface area contributed by atoms with E-state index in [4.69, 9.17) is 0 Å². The van der Waals surface area contributed by atoms with Crippen molar-refractivity contribution >= 4 is 28.5 Å².